The summed E-state index contributed by atoms with van der Waals surface area (Å²) in [5, 5.41) is 364. The first-order valence-corrected chi connectivity index (χ1v) is 39.9. The highest BCUT2D eigenvalue weighted by atomic mass is 19.1. The molecule has 0 aliphatic carbocycles. The third-order valence-electron chi connectivity index (χ3n) is 21.7. The molecule has 4 unspecified atom stereocenters. The molecule has 12 fully saturated rings. The van der Waals surface area contributed by atoms with Gasteiger partial charge in [0.15, 0.2) is 54.6 Å². The summed E-state index contributed by atoms with van der Waals surface area (Å²) in [5.41, 5.74) is 0. The zero-order chi connectivity index (χ0) is 100. The number of rotatable bonds is 21. The highest BCUT2D eigenvalue weighted by molar-refractivity contribution is 5.84. The number of carbonyl (C=O) groups is 4. The van der Waals surface area contributed by atoms with Crippen molar-refractivity contribution >= 4 is 23.8 Å². The summed E-state index contributed by atoms with van der Waals surface area (Å²) in [6.45, 7) is -7.81. The van der Waals surface area contributed by atoms with Gasteiger partial charge in [0.25, 0.3) is 0 Å². The van der Waals surface area contributed by atoms with Gasteiger partial charge in [-0.25, -0.2) is 0 Å². The number of carbonyl (C=O) groups excluding carboxylic acids is 3. The van der Waals surface area contributed by atoms with Gasteiger partial charge in [-0.05, 0) is 25.5 Å². The third-order valence-corrected chi connectivity index (χ3v) is 21.7. The topological polar surface area (TPSA) is 1080 Å². The van der Waals surface area contributed by atoms with Gasteiger partial charge in [-0.1, -0.05) is 0 Å². The Labute approximate surface area is 754 Å². The van der Waals surface area contributed by atoms with E-state index in [1.807, 2.05) is 0 Å². The number of aliphatic hydroxyl groups is 43. The second-order valence-corrected chi connectivity index (χ2v) is 30.8. The van der Waals surface area contributed by atoms with Crippen LogP contribution in [0.3, 0.4) is 0 Å². The molecule has 61 heteroatoms. The molecule has 12 aliphatic heterocycles. The number of carboxylic acid groups (broad SMARTS) is 1. The molecule has 1 aromatic heterocycles. The van der Waals surface area contributed by atoms with E-state index >= 15 is 0 Å². The molecule has 60 nitrogen and oxygen atoms in total. The molecule has 12 saturated heterocycles. The van der Waals surface area contributed by atoms with Crippen molar-refractivity contribution in [2.24, 2.45) is 0 Å². The van der Waals surface area contributed by atoms with Crippen molar-refractivity contribution in [3.63, 3.8) is 0 Å². The van der Waals surface area contributed by atoms with Crippen LogP contribution < -0.4 is 0 Å². The number of aldehydes is 1. The fourth-order valence-electron chi connectivity index (χ4n) is 13.7. The number of ketones is 2. The van der Waals surface area contributed by atoms with Crippen LogP contribution in [-0.4, -0.2) is 610 Å². The number of carboxylic acids is 1. The molecule has 2 bridgehead atoms. The molecule has 0 aromatic carbocycles. The van der Waals surface area contributed by atoms with E-state index in [4.69, 9.17) is 180 Å². The maximum Gasteiger partial charge on any atom is 1.00 e. The first kappa shape index (κ1) is 127. The molecule has 0 saturated carbocycles. The number of alkyl halides is 1. The summed E-state index contributed by atoms with van der Waals surface area (Å²) in [5.74, 6) is -14.1. The van der Waals surface area contributed by atoms with E-state index in [1.54, 1.807) is 6.07 Å². The summed E-state index contributed by atoms with van der Waals surface area (Å²) >= 11 is 0. The van der Waals surface area contributed by atoms with Crippen molar-refractivity contribution in [2.75, 3.05) is 126 Å². The predicted octanol–water partition coefficient (Wildman–Crippen LogP) is -25.8. The quantitative estimate of drug-likeness (QED) is 0.0401. The number of halogens is 1. The molecule has 13 rings (SSSR count). The smallest absolute Gasteiger partial charge is 0.481 e. The second kappa shape index (κ2) is 57.4. The number of ether oxygens (including phenoxy) is 13. The molecule has 2 spiro atoms. The number of hydrogen-bond donors (Lipinski definition) is 40. The fraction of sp³-hybridized carbons (Fsp3) is 0.889. The largest absolute Gasteiger partial charge is 1.00 e. The van der Waals surface area contributed by atoms with Crippen LogP contribution in [0.4, 0.5) is 4.39 Å². The van der Waals surface area contributed by atoms with E-state index in [0.29, 0.717) is 32.1 Å². The molecular weight excluding hydrogens is 1840 g/mol. The SMILES string of the molecule is CC(=O)CCC(=O)O.CF.O.O.O=C(CO)[C@@H](O)[C@H](O)[C@H](O)CO.O=Cc1ccc(CO)o1.OCC1(O)OC[C@@H](O)[C@@H](O)[C@@H]1O.OCC1[OH+]C[C@@H](O)[C@@H](O)[C@@H]1O.OCC1[OH+][C@H](CO)[C@@H](O)[C@@H]1O.OC[C@H]1OC(O)(CO)[C@@H](O)[C@@H]1O.OC[C@H]1O[C@@]2(CO)OC[C@]3(OC[C@@H](O)[C@@H](O)[C@@H]3O)O[C@H]2[C@@H]1O.OC[C@H]1O[C@@]2(CO[C@]3(CO)O[C@H](CO)[C@@H](O)[C@@H]3O2)[C@@H](O)[C@@H]1O.O[C@@H]1[C@H]2CC[C@](O)(O2)[C@H]1O.[H+].[H+]. The minimum atomic E-state index is -2.17. The zero-order valence-electron chi connectivity index (χ0n) is 73.2. The van der Waals surface area contributed by atoms with E-state index in [-0.39, 0.29) is 90.5 Å². The number of hydrogen-bond acceptors (Lipinski definition) is 55. The van der Waals surface area contributed by atoms with Gasteiger partial charge in [0.05, 0.1) is 79.2 Å². The number of aliphatic carboxylic acids is 1. The average Bonchev–Trinajstić information content (AvgIpc) is 1.57. The summed E-state index contributed by atoms with van der Waals surface area (Å²) in [4.78, 5) is 40.3. The Balaban J connectivity index is 0. The van der Waals surface area contributed by atoms with Crippen LogP contribution in [0.15, 0.2) is 16.5 Å². The molecule has 0 radical (unpaired) electrons. The standard InChI is InChI=1S/2C12H20O10.3C6H12O6.2C6H12O5.C6H10O4.C6H6O3.C5H8O3.CH3F.2H2O/c13-1-6-8(17)10-11(3-14,21-6)20-4-12(22-10)9(18)7(16)5(15)2-19-12;13-1-5-7(16)9(18)12(21-5)4-19-11(3-15)10(22-12)8(17)6(2-14)20-11;7-2-6(11)5(10)4(9)3(8)1-12-6;7-1-3-4(9)5(10)6(11,2-8)12-3;7-1-3(9)5(11)6(12)4(10)2-8;7-1-4-6(10)5(9)3(8)2-11-4;7-1-3-5(9)6(10)4(2-8)11-3;7-4-3-1-2-6(9,10-3)5(4)8;7-3-5-1-2-6(4-8)9-5;1-4(6)2-3-5(7)8;1-2;;/h2*5-10,13-18H,1-4H2;2*3-5,7-11H,1-2H2;3,5-9,11-12H,1-2H2;2*3-10H,1-2H2;3-5,7-9H,1-2H2;1-3,8H,4H2;2-3H2,1H3,(H,7,8);1H3;2*1H2/p+4/t5-,6-,7-,8-,9+,10+,11-,12+;5-,6-,7-,8-,9+,10+,11-,12-;2*3-,4-,5+,6?;3-,5-,6-;2*3-,4?,5-,6-;3-,4-,5+,6+;;;;;/m11111111...../s1. The Bertz CT molecular complexity index is 3360. The van der Waals surface area contributed by atoms with E-state index in [9.17, 15) is 95.1 Å². The highest BCUT2D eigenvalue weighted by Crippen LogP contribution is 2.48. The Morgan fingerprint density at radius 1 is 0.474 bits per heavy atom. The number of Topliss-reactive ketones (excluding diaryl/α,β-unsaturated/α-hetero) is 2. The molecule has 133 heavy (non-hydrogen) atoms. The lowest BCUT2D eigenvalue weighted by molar-refractivity contribution is -0.440. The lowest BCUT2D eigenvalue weighted by Crippen LogP contribution is -2.71. The van der Waals surface area contributed by atoms with E-state index in [1.165, 1.54) is 13.0 Å². The van der Waals surface area contributed by atoms with Crippen molar-refractivity contribution in [1.29, 1.82) is 0 Å². The number of furan rings is 1. The predicted molar refractivity (Wildman–Crippen MR) is 417 cm³/mol. The number of fused-ring (bicyclic) bond motifs is 4. The Morgan fingerprint density at radius 3 is 1.26 bits per heavy atom. The van der Waals surface area contributed by atoms with Gasteiger partial charge in [-0.2, -0.15) is 0 Å². The summed E-state index contributed by atoms with van der Waals surface area (Å²) in [7, 11) is 0.500. The first-order chi connectivity index (χ1) is 61.4. The van der Waals surface area contributed by atoms with Gasteiger partial charge in [0.1, 0.15) is 218 Å². The minimum absolute atomic E-state index is 0. The van der Waals surface area contributed by atoms with Gasteiger partial charge in [0.2, 0.25) is 53.0 Å². The fourth-order valence-corrected chi connectivity index (χ4v) is 13.7. The van der Waals surface area contributed by atoms with Crippen molar-refractivity contribution in [3.8, 4) is 0 Å². The molecular formula is C72H135FO60+4. The van der Waals surface area contributed by atoms with E-state index < -0.39 is 321 Å². The molecule has 46 N–H and O–H groups in total. The zero-order valence-corrected chi connectivity index (χ0v) is 71.2. The summed E-state index contributed by atoms with van der Waals surface area (Å²) in [6, 6.07) is 3.07. The van der Waals surface area contributed by atoms with Crippen LogP contribution in [0.2, 0.25) is 0 Å². The van der Waals surface area contributed by atoms with Crippen molar-refractivity contribution in [3.05, 3.63) is 23.7 Å². The Hall–Kier alpha value is -4.47. The number of aliphatic hydroxyl groups excluding tert-OH is 36. The van der Waals surface area contributed by atoms with Crippen molar-refractivity contribution in [2.45, 2.75) is 275 Å². The van der Waals surface area contributed by atoms with Gasteiger partial charge < -0.3 is 286 Å². The van der Waals surface area contributed by atoms with Crippen LogP contribution in [0.25, 0.3) is 0 Å². The molecule has 12 aliphatic rings. The molecule has 13 heterocycles. The van der Waals surface area contributed by atoms with Gasteiger partial charge in [-0.15, -0.1) is 0 Å². The van der Waals surface area contributed by atoms with Crippen LogP contribution >= 0.6 is 0 Å². The molecule has 1 aromatic rings. The second-order valence-electron chi connectivity index (χ2n) is 30.8. The molecule has 0 amide bonds. The lowest BCUT2D eigenvalue weighted by atomic mass is 9.92. The highest BCUT2D eigenvalue weighted by Gasteiger charge is 2.69. The van der Waals surface area contributed by atoms with Crippen LogP contribution in [0, 0.1) is 0 Å². The van der Waals surface area contributed by atoms with Gasteiger partial charge in [0, 0.05) is 12.8 Å². The normalized spacial score (nSPS) is 41.9. The van der Waals surface area contributed by atoms with Crippen molar-refractivity contribution < 1.29 is 308 Å². The summed E-state index contributed by atoms with van der Waals surface area (Å²) in [6.07, 6.45) is -37.4. The Morgan fingerprint density at radius 2 is 0.910 bits per heavy atom. The Kier molecular flexibility index (Phi) is 54.7. The van der Waals surface area contributed by atoms with Crippen LogP contribution in [0.1, 0.15) is 51.8 Å². The van der Waals surface area contributed by atoms with E-state index in [2.05, 4.69) is 18.9 Å². The third kappa shape index (κ3) is 31.3. The van der Waals surface area contributed by atoms with Crippen molar-refractivity contribution in [1.82, 2.24) is 0 Å². The maximum atomic E-state index is 10.5. The molecule has 786 valence electrons. The van der Waals surface area contributed by atoms with Gasteiger partial charge >= 0.3 is 8.82 Å². The monoisotopic (exact) mass is 1980 g/mol. The lowest BCUT2D eigenvalue weighted by Gasteiger charge is -2.51. The van der Waals surface area contributed by atoms with Gasteiger partial charge in [-0.3, -0.25) is 18.8 Å². The maximum absolute atomic E-state index is 10.5. The molecule has 39 atom stereocenters. The van der Waals surface area contributed by atoms with E-state index in [0.717, 1.165) is 0 Å². The first-order valence-electron chi connectivity index (χ1n) is 39.9. The average molecular weight is 1980 g/mol. The van der Waals surface area contributed by atoms with Crippen LogP contribution in [-0.2, 0) is 73.1 Å². The minimum Gasteiger partial charge on any atom is -0.481 e. The summed E-state index contributed by atoms with van der Waals surface area (Å²) < 4.78 is 79.3. The van der Waals surface area contributed by atoms with Crippen LogP contribution in [0.5, 0.6) is 0 Å².